The van der Waals surface area contributed by atoms with Crippen LogP contribution in [0.1, 0.15) is 12.7 Å². The molecular weight excluding hydrogens is 308 g/mol. The monoisotopic (exact) mass is 324 g/mol. The van der Waals surface area contributed by atoms with E-state index in [4.69, 9.17) is 4.74 Å². The number of rotatable bonds is 7. The van der Waals surface area contributed by atoms with Crippen molar-refractivity contribution in [3.63, 3.8) is 0 Å². The zero-order valence-corrected chi connectivity index (χ0v) is 12.4. The predicted octanol–water partition coefficient (Wildman–Crippen LogP) is 2.23. The summed E-state index contributed by atoms with van der Waals surface area (Å²) in [5, 5.41) is 7.43. The minimum absolute atomic E-state index is 0.574. The molecule has 5 nitrogen and oxygen atoms in total. The van der Waals surface area contributed by atoms with Crippen LogP contribution in [0.5, 0.6) is 5.75 Å². The number of aromatic nitrogens is 3. The van der Waals surface area contributed by atoms with Crippen LogP contribution in [0.15, 0.2) is 35.1 Å². The van der Waals surface area contributed by atoms with E-state index < -0.39 is 0 Å². The number of nitrogens with zero attached hydrogens (tertiary/aromatic N) is 3. The van der Waals surface area contributed by atoms with Crippen LogP contribution in [-0.4, -0.2) is 27.9 Å². The molecule has 1 heterocycles. The lowest BCUT2D eigenvalue weighted by atomic mass is 10.3. The van der Waals surface area contributed by atoms with Crippen molar-refractivity contribution in [2.45, 2.75) is 20.0 Å². The van der Waals surface area contributed by atoms with Gasteiger partial charge in [0.15, 0.2) is 0 Å². The van der Waals surface area contributed by atoms with E-state index in [2.05, 4.69) is 38.3 Å². The molecule has 0 saturated carbocycles. The highest BCUT2D eigenvalue weighted by atomic mass is 79.9. The fraction of sp³-hybridized carbons (Fsp3) is 0.385. The molecule has 0 radical (unpaired) electrons. The van der Waals surface area contributed by atoms with Crippen LogP contribution in [0.4, 0.5) is 0 Å². The summed E-state index contributed by atoms with van der Waals surface area (Å²) in [4.78, 5) is 4.22. The zero-order chi connectivity index (χ0) is 13.5. The maximum atomic E-state index is 5.66. The van der Waals surface area contributed by atoms with E-state index in [0.717, 1.165) is 29.1 Å². The summed E-state index contributed by atoms with van der Waals surface area (Å²) in [6.07, 6.45) is 1.58. The molecule has 1 N–H and O–H groups in total. The molecule has 0 spiro atoms. The fourth-order valence-electron chi connectivity index (χ4n) is 1.63. The third kappa shape index (κ3) is 4.33. The van der Waals surface area contributed by atoms with Gasteiger partial charge in [-0.25, -0.2) is 9.67 Å². The zero-order valence-electron chi connectivity index (χ0n) is 10.8. The van der Waals surface area contributed by atoms with Crippen molar-refractivity contribution in [1.29, 1.82) is 0 Å². The van der Waals surface area contributed by atoms with Gasteiger partial charge in [-0.2, -0.15) is 5.10 Å². The van der Waals surface area contributed by atoms with Crippen molar-refractivity contribution in [3.8, 4) is 5.75 Å². The molecule has 0 aliphatic rings. The van der Waals surface area contributed by atoms with Gasteiger partial charge in [0.05, 0.1) is 13.1 Å². The van der Waals surface area contributed by atoms with Gasteiger partial charge in [-0.15, -0.1) is 0 Å². The Bertz CT molecular complexity index is 498. The molecule has 0 atom stereocenters. The second-order valence-corrected chi connectivity index (χ2v) is 4.90. The van der Waals surface area contributed by atoms with E-state index >= 15 is 0 Å². The minimum Gasteiger partial charge on any atom is -0.492 e. The number of benzene rings is 1. The average molecular weight is 325 g/mol. The molecule has 1 aromatic carbocycles. The Labute approximate surface area is 121 Å². The first-order valence-corrected chi connectivity index (χ1v) is 7.04. The first-order chi connectivity index (χ1) is 9.29. The van der Waals surface area contributed by atoms with Crippen LogP contribution in [0.3, 0.4) is 0 Å². The molecule has 0 aliphatic heterocycles. The SMILES string of the molecule is CCNCc1ncnn1CCOc1ccc(Br)cc1. The van der Waals surface area contributed by atoms with Crippen LogP contribution >= 0.6 is 15.9 Å². The molecule has 0 saturated heterocycles. The molecule has 0 amide bonds. The summed E-state index contributed by atoms with van der Waals surface area (Å²) in [6.45, 7) is 4.98. The summed E-state index contributed by atoms with van der Waals surface area (Å²) in [7, 11) is 0. The smallest absolute Gasteiger partial charge is 0.140 e. The summed E-state index contributed by atoms with van der Waals surface area (Å²) in [5.41, 5.74) is 0. The van der Waals surface area contributed by atoms with Gasteiger partial charge in [0.2, 0.25) is 0 Å². The Hall–Kier alpha value is -1.40. The maximum absolute atomic E-state index is 5.66. The molecule has 1 aromatic heterocycles. The van der Waals surface area contributed by atoms with Crippen molar-refractivity contribution in [2.24, 2.45) is 0 Å². The Kier molecular flexibility index (Phi) is 5.35. The fourth-order valence-corrected chi connectivity index (χ4v) is 1.89. The van der Waals surface area contributed by atoms with Gasteiger partial charge in [0.1, 0.15) is 24.5 Å². The summed E-state index contributed by atoms with van der Waals surface area (Å²) >= 11 is 3.39. The minimum atomic E-state index is 0.574. The van der Waals surface area contributed by atoms with E-state index in [1.807, 2.05) is 28.9 Å². The molecule has 2 aromatic rings. The molecule has 19 heavy (non-hydrogen) atoms. The number of nitrogens with one attached hydrogen (secondary N) is 1. The third-order valence-corrected chi connectivity index (χ3v) is 3.14. The van der Waals surface area contributed by atoms with Crippen LogP contribution < -0.4 is 10.1 Å². The first kappa shape index (κ1) is 14.0. The average Bonchev–Trinajstić information content (AvgIpc) is 2.86. The summed E-state index contributed by atoms with van der Waals surface area (Å²) in [5.74, 6) is 1.79. The van der Waals surface area contributed by atoms with Crippen LogP contribution in [0, 0.1) is 0 Å². The lowest BCUT2D eigenvalue weighted by Crippen LogP contribution is -2.19. The predicted molar refractivity (Wildman–Crippen MR) is 77.0 cm³/mol. The lowest BCUT2D eigenvalue weighted by molar-refractivity contribution is 0.288. The van der Waals surface area contributed by atoms with Gasteiger partial charge < -0.3 is 10.1 Å². The van der Waals surface area contributed by atoms with Gasteiger partial charge in [-0.1, -0.05) is 22.9 Å². The highest BCUT2D eigenvalue weighted by molar-refractivity contribution is 9.10. The molecule has 2 rings (SSSR count). The molecule has 0 aliphatic carbocycles. The second kappa shape index (κ2) is 7.25. The highest BCUT2D eigenvalue weighted by Gasteiger charge is 2.03. The topological polar surface area (TPSA) is 52.0 Å². The van der Waals surface area contributed by atoms with E-state index in [9.17, 15) is 0 Å². The van der Waals surface area contributed by atoms with Gasteiger partial charge in [-0.3, -0.25) is 0 Å². The number of hydrogen-bond acceptors (Lipinski definition) is 4. The van der Waals surface area contributed by atoms with E-state index in [0.29, 0.717) is 13.2 Å². The van der Waals surface area contributed by atoms with Crippen LogP contribution in [0.25, 0.3) is 0 Å². The van der Waals surface area contributed by atoms with Gasteiger partial charge >= 0.3 is 0 Å². The van der Waals surface area contributed by atoms with Crippen molar-refractivity contribution in [1.82, 2.24) is 20.1 Å². The van der Waals surface area contributed by atoms with E-state index in [-0.39, 0.29) is 0 Å². The largest absolute Gasteiger partial charge is 0.492 e. The van der Waals surface area contributed by atoms with Crippen LogP contribution in [-0.2, 0) is 13.1 Å². The molecule has 0 unspecified atom stereocenters. The van der Waals surface area contributed by atoms with Crippen molar-refractivity contribution in [2.75, 3.05) is 13.2 Å². The molecule has 6 heteroatoms. The second-order valence-electron chi connectivity index (χ2n) is 3.98. The Morgan fingerprint density at radius 3 is 2.84 bits per heavy atom. The standard InChI is InChI=1S/C13H17BrN4O/c1-2-15-9-13-16-10-17-18(13)7-8-19-12-5-3-11(14)4-6-12/h3-6,10,15H,2,7-9H2,1H3. The quantitative estimate of drug-likeness (QED) is 0.848. The number of hydrogen-bond donors (Lipinski definition) is 1. The van der Waals surface area contributed by atoms with Crippen LogP contribution in [0.2, 0.25) is 0 Å². The Balaban J connectivity index is 1.82. The molecule has 0 fully saturated rings. The van der Waals surface area contributed by atoms with E-state index in [1.54, 1.807) is 6.33 Å². The van der Waals surface area contributed by atoms with Crippen molar-refractivity contribution in [3.05, 3.63) is 40.9 Å². The number of halogens is 1. The summed E-state index contributed by atoms with van der Waals surface area (Å²) in [6, 6.07) is 7.79. The normalized spacial score (nSPS) is 10.6. The highest BCUT2D eigenvalue weighted by Crippen LogP contribution is 2.15. The molecular formula is C13H17BrN4O. The Morgan fingerprint density at radius 2 is 2.11 bits per heavy atom. The summed E-state index contributed by atoms with van der Waals surface area (Å²) < 4.78 is 8.57. The number of ether oxygens (including phenoxy) is 1. The Morgan fingerprint density at radius 1 is 1.32 bits per heavy atom. The van der Waals surface area contributed by atoms with Gasteiger partial charge in [0.25, 0.3) is 0 Å². The maximum Gasteiger partial charge on any atom is 0.140 e. The lowest BCUT2D eigenvalue weighted by Gasteiger charge is -2.08. The van der Waals surface area contributed by atoms with Crippen molar-refractivity contribution < 1.29 is 4.74 Å². The first-order valence-electron chi connectivity index (χ1n) is 6.25. The third-order valence-electron chi connectivity index (χ3n) is 2.61. The molecule has 102 valence electrons. The van der Waals surface area contributed by atoms with E-state index in [1.165, 1.54) is 0 Å². The van der Waals surface area contributed by atoms with Crippen molar-refractivity contribution >= 4 is 15.9 Å². The van der Waals surface area contributed by atoms with Gasteiger partial charge in [-0.05, 0) is 30.8 Å². The molecule has 0 bridgehead atoms. The van der Waals surface area contributed by atoms with Gasteiger partial charge in [0, 0.05) is 4.47 Å².